The Bertz CT molecular complexity index is 1630. The van der Waals surface area contributed by atoms with Crippen LogP contribution in [0.4, 0.5) is 10.2 Å². The Morgan fingerprint density at radius 2 is 1.98 bits per heavy atom. The van der Waals surface area contributed by atoms with Crippen molar-refractivity contribution in [1.29, 1.82) is 5.26 Å². The second-order valence-corrected chi connectivity index (χ2v) is 15.3. The highest BCUT2D eigenvalue weighted by atomic mass is 32.2. The van der Waals surface area contributed by atoms with Crippen molar-refractivity contribution < 1.29 is 32.2 Å². The van der Waals surface area contributed by atoms with Crippen molar-refractivity contribution in [2.24, 2.45) is 5.41 Å². The molecule has 14 nitrogen and oxygen atoms in total. The molecule has 1 spiro atoms. The highest BCUT2D eigenvalue weighted by Gasteiger charge is 2.47. The maximum absolute atomic E-state index is 14.3. The molecule has 4 saturated heterocycles. The zero-order chi connectivity index (χ0) is 34.1. The van der Waals surface area contributed by atoms with E-state index in [-0.39, 0.29) is 42.0 Å². The van der Waals surface area contributed by atoms with Crippen LogP contribution in [0.5, 0.6) is 11.5 Å². The van der Waals surface area contributed by atoms with Crippen LogP contribution in [0.3, 0.4) is 0 Å². The molecule has 4 aliphatic rings. The first kappa shape index (κ1) is 34.4. The number of aromatic nitrogens is 2. The molecule has 4 fully saturated rings. The van der Waals surface area contributed by atoms with Gasteiger partial charge in [0.25, 0.3) is 16.1 Å². The largest absolute Gasteiger partial charge is 0.451 e. The molecule has 2 atom stereocenters. The van der Waals surface area contributed by atoms with E-state index in [9.17, 15) is 28.0 Å². The van der Waals surface area contributed by atoms with Crippen LogP contribution in [0.1, 0.15) is 56.3 Å². The van der Waals surface area contributed by atoms with E-state index in [1.807, 2.05) is 6.07 Å². The van der Waals surface area contributed by atoms with Gasteiger partial charge in [0.1, 0.15) is 24.4 Å². The number of hydrogen-bond donors (Lipinski definition) is 2. The summed E-state index contributed by atoms with van der Waals surface area (Å²) in [5.41, 5.74) is 0.0782. The van der Waals surface area contributed by atoms with E-state index in [1.165, 1.54) is 33.9 Å². The number of β-amino-alcohol motifs (C(OH)–C–C–N with tert-alkyl or cyclic N) is 1. The minimum Gasteiger partial charge on any atom is -0.451 e. The number of rotatable bonds is 11. The maximum atomic E-state index is 14.3. The molecule has 0 radical (unpaired) electrons. The van der Waals surface area contributed by atoms with Crippen LogP contribution < -0.4 is 14.4 Å². The minimum absolute atomic E-state index is 0.00768. The molecule has 6 rings (SSSR count). The average molecular weight is 687 g/mol. The molecular formula is C32H43FN8O6S. The van der Waals surface area contributed by atoms with Gasteiger partial charge in [-0.25, -0.2) is 14.4 Å². The first-order chi connectivity index (χ1) is 22.9. The van der Waals surface area contributed by atoms with Crippen molar-refractivity contribution in [3.63, 3.8) is 0 Å². The zero-order valence-corrected chi connectivity index (χ0v) is 28.2. The molecule has 5 heterocycles. The van der Waals surface area contributed by atoms with Gasteiger partial charge in [0.05, 0.1) is 31.0 Å². The summed E-state index contributed by atoms with van der Waals surface area (Å²) < 4.78 is 55.2. The first-order valence-corrected chi connectivity index (χ1v) is 17.9. The quantitative estimate of drug-likeness (QED) is 0.333. The van der Waals surface area contributed by atoms with Crippen LogP contribution >= 0.6 is 0 Å². The predicted molar refractivity (Wildman–Crippen MR) is 173 cm³/mol. The molecule has 260 valence electrons. The number of nitriles is 1. The molecule has 48 heavy (non-hydrogen) atoms. The number of hydrogen-bond acceptors (Lipinski definition) is 11. The van der Waals surface area contributed by atoms with E-state index in [1.54, 1.807) is 13.8 Å². The smallest absolute Gasteiger partial charge is 0.279 e. The van der Waals surface area contributed by atoms with Crippen molar-refractivity contribution in [1.82, 2.24) is 28.8 Å². The van der Waals surface area contributed by atoms with E-state index in [2.05, 4.69) is 24.5 Å². The molecule has 4 aliphatic heterocycles. The van der Waals surface area contributed by atoms with E-state index in [0.29, 0.717) is 44.0 Å². The van der Waals surface area contributed by atoms with Gasteiger partial charge in [-0.2, -0.15) is 22.7 Å². The van der Waals surface area contributed by atoms with Crippen molar-refractivity contribution in [3.8, 4) is 17.6 Å². The fraction of sp³-hybridized carbons (Fsp3) is 0.625. The monoisotopic (exact) mass is 686 g/mol. The third-order valence-corrected chi connectivity index (χ3v) is 11.5. The summed E-state index contributed by atoms with van der Waals surface area (Å²) in [7, 11) is -3.50. The Labute approximate surface area is 280 Å². The summed E-state index contributed by atoms with van der Waals surface area (Å²) >= 11 is 0. The number of likely N-dealkylation sites (tertiary alicyclic amines) is 1. The molecule has 1 aromatic carbocycles. The fourth-order valence-electron chi connectivity index (χ4n) is 6.82. The Hall–Kier alpha value is -3.46. The highest BCUT2D eigenvalue weighted by molar-refractivity contribution is 7.87. The fourth-order valence-corrected chi connectivity index (χ4v) is 8.32. The molecule has 0 bridgehead atoms. The SMILES string of the molecule is CC(C)N(CC#N)C(=O)c1cc(F)ccc1Oc1cncnc1N1CC2(CCN(C[C@@]3(O)CC[C@@H](NS(=O)(=O)N4CCC4)CO3)CC2)C1. The number of nitrogens with zero attached hydrogens (tertiary/aromatic N) is 7. The van der Waals surface area contributed by atoms with E-state index in [0.717, 1.165) is 51.5 Å². The lowest BCUT2D eigenvalue weighted by Crippen LogP contribution is -2.62. The number of amides is 1. The molecule has 1 aromatic heterocycles. The first-order valence-electron chi connectivity index (χ1n) is 16.5. The summed E-state index contributed by atoms with van der Waals surface area (Å²) in [5.74, 6) is -1.37. The van der Waals surface area contributed by atoms with Crippen LogP contribution in [0, 0.1) is 22.6 Å². The van der Waals surface area contributed by atoms with E-state index in [4.69, 9.17) is 9.47 Å². The van der Waals surface area contributed by atoms with Crippen LogP contribution in [0.15, 0.2) is 30.7 Å². The van der Waals surface area contributed by atoms with Crippen LogP contribution in [-0.2, 0) is 14.9 Å². The number of carbonyl (C=O) groups is 1. The Balaban J connectivity index is 1.03. The predicted octanol–water partition coefficient (Wildman–Crippen LogP) is 2.09. The molecule has 2 aromatic rings. The average Bonchev–Trinajstić information content (AvgIpc) is 3.00. The summed E-state index contributed by atoms with van der Waals surface area (Å²) in [4.78, 5) is 27.6. The third-order valence-electron chi connectivity index (χ3n) is 9.82. The molecular weight excluding hydrogens is 643 g/mol. The molecule has 16 heteroatoms. The number of nitrogens with one attached hydrogen (secondary N) is 1. The summed E-state index contributed by atoms with van der Waals surface area (Å²) in [6, 6.07) is 5.09. The highest BCUT2D eigenvalue weighted by Crippen LogP contribution is 2.45. The second-order valence-electron chi connectivity index (χ2n) is 13.6. The summed E-state index contributed by atoms with van der Waals surface area (Å²) in [6.07, 6.45) is 6.52. The van der Waals surface area contributed by atoms with Crippen molar-refractivity contribution >= 4 is 21.9 Å². The van der Waals surface area contributed by atoms with E-state index < -0.39 is 27.7 Å². The van der Waals surface area contributed by atoms with Gasteiger partial charge in [0, 0.05) is 50.1 Å². The number of anilines is 1. The molecule has 0 aliphatic carbocycles. The van der Waals surface area contributed by atoms with Crippen molar-refractivity contribution in [2.45, 2.75) is 63.8 Å². The van der Waals surface area contributed by atoms with Crippen molar-refractivity contribution in [3.05, 3.63) is 42.1 Å². The topological polar surface area (TPSA) is 164 Å². The number of halogens is 1. The van der Waals surface area contributed by atoms with Crippen molar-refractivity contribution in [2.75, 3.05) is 63.9 Å². The lowest BCUT2D eigenvalue weighted by atomic mass is 9.72. The van der Waals surface area contributed by atoms with Crippen LogP contribution in [0.25, 0.3) is 0 Å². The summed E-state index contributed by atoms with van der Waals surface area (Å²) in [6.45, 7) is 8.05. The number of benzene rings is 1. The standard InChI is InChI=1S/C32H43FN8O6S/c1-23(2)41(15-10-34)30(42)26-16-24(33)4-5-27(26)47-28-17-35-22-36-29(28)39-19-31(20-39)8-13-38(14-9-31)21-32(43)7-6-25(18-46-32)37-48(44,45)40-11-3-12-40/h4-5,16-17,22-23,25,37,43H,3,6-9,11-15,18-21H2,1-2H3/t25-,32-/m1/s1. The second kappa shape index (κ2) is 13.8. The van der Waals surface area contributed by atoms with Crippen LogP contribution in [0.2, 0.25) is 0 Å². The Morgan fingerprint density at radius 3 is 2.60 bits per heavy atom. The lowest BCUT2D eigenvalue weighted by molar-refractivity contribution is -0.239. The summed E-state index contributed by atoms with van der Waals surface area (Å²) in [5, 5.41) is 20.4. The molecule has 2 N–H and O–H groups in total. The number of piperidine rings is 1. The third kappa shape index (κ3) is 7.41. The van der Waals surface area contributed by atoms with Gasteiger partial charge in [0.2, 0.25) is 0 Å². The minimum atomic E-state index is -3.50. The normalized spacial score (nSPS) is 24.5. The molecule has 1 amide bonds. The van der Waals surface area contributed by atoms with E-state index >= 15 is 0 Å². The number of ether oxygens (including phenoxy) is 2. The van der Waals surface area contributed by atoms with Gasteiger partial charge in [-0.05, 0) is 70.8 Å². The van der Waals surface area contributed by atoms with Gasteiger partial charge in [-0.3, -0.25) is 9.69 Å². The molecule has 0 saturated carbocycles. The van der Waals surface area contributed by atoms with Gasteiger partial charge in [0.15, 0.2) is 17.4 Å². The van der Waals surface area contributed by atoms with Crippen LogP contribution in [-0.4, -0.2) is 120 Å². The Morgan fingerprint density at radius 1 is 1.23 bits per heavy atom. The Kier molecular flexibility index (Phi) is 9.90. The maximum Gasteiger partial charge on any atom is 0.279 e. The lowest BCUT2D eigenvalue weighted by Gasteiger charge is -2.55. The van der Waals surface area contributed by atoms with Gasteiger partial charge in [-0.1, -0.05) is 0 Å². The van der Waals surface area contributed by atoms with Gasteiger partial charge >= 0.3 is 0 Å². The number of aliphatic hydroxyl groups is 1. The zero-order valence-electron chi connectivity index (χ0n) is 27.3. The van der Waals surface area contributed by atoms with Gasteiger partial charge < -0.3 is 24.4 Å². The van der Waals surface area contributed by atoms with Gasteiger partial charge in [-0.15, -0.1) is 0 Å². The molecule has 0 unspecified atom stereocenters. The number of carbonyl (C=O) groups excluding carboxylic acids is 1.